The number of methoxy groups -OCH3 is 1. The molecule has 1 N–H and O–H groups in total. The highest BCUT2D eigenvalue weighted by atomic mass is 32.1. The first-order valence-corrected chi connectivity index (χ1v) is 9.39. The molecular weight excluding hydrogens is 364 g/mol. The van der Waals surface area contributed by atoms with E-state index in [0.29, 0.717) is 19.6 Å². The van der Waals surface area contributed by atoms with Crippen molar-refractivity contribution in [3.63, 3.8) is 0 Å². The van der Waals surface area contributed by atoms with Crippen LogP contribution in [0, 0.1) is 5.92 Å². The van der Waals surface area contributed by atoms with Crippen LogP contribution in [0.1, 0.15) is 11.3 Å². The van der Waals surface area contributed by atoms with Crippen LogP contribution in [0.15, 0.2) is 42.2 Å². The van der Waals surface area contributed by atoms with Gasteiger partial charge >= 0.3 is 0 Å². The zero-order valence-corrected chi connectivity index (χ0v) is 15.5. The number of nitrogens with one attached hydrogen (secondary N) is 1. The highest BCUT2D eigenvalue weighted by molar-refractivity contribution is 7.13. The number of hydrogen-bond acceptors (Lipinski definition) is 7. The first-order valence-electron chi connectivity index (χ1n) is 8.51. The first kappa shape index (κ1) is 17.4. The molecule has 8 heteroatoms. The molecule has 3 heterocycles. The van der Waals surface area contributed by atoms with Crippen molar-refractivity contribution in [3.8, 4) is 22.2 Å². The first-order chi connectivity index (χ1) is 13.2. The molecule has 1 aliphatic rings. The Morgan fingerprint density at radius 1 is 1.41 bits per heavy atom. The number of ether oxygens (including phenoxy) is 2. The molecular formula is C19H18N4O3S. The van der Waals surface area contributed by atoms with Crippen molar-refractivity contribution in [2.45, 2.75) is 13.0 Å². The molecule has 0 fully saturated rings. The van der Waals surface area contributed by atoms with Gasteiger partial charge in [-0.2, -0.15) is 0 Å². The maximum Gasteiger partial charge on any atom is 0.227 e. The van der Waals surface area contributed by atoms with Crippen molar-refractivity contribution in [3.05, 3.63) is 53.4 Å². The van der Waals surface area contributed by atoms with Crippen LogP contribution in [-0.4, -0.2) is 34.6 Å². The van der Waals surface area contributed by atoms with Crippen LogP contribution in [0.4, 0.5) is 0 Å². The minimum atomic E-state index is -0.219. The number of carbonyl (C=O) groups excluding carboxylic acids is 1. The van der Waals surface area contributed by atoms with E-state index >= 15 is 0 Å². The highest BCUT2D eigenvalue weighted by Crippen LogP contribution is 2.31. The summed E-state index contributed by atoms with van der Waals surface area (Å²) < 4.78 is 10.9. The summed E-state index contributed by atoms with van der Waals surface area (Å²) in [4.78, 5) is 25.3. The van der Waals surface area contributed by atoms with Gasteiger partial charge in [0, 0.05) is 23.8 Å². The number of aromatic nitrogens is 3. The minimum Gasteiger partial charge on any atom is -0.497 e. The van der Waals surface area contributed by atoms with E-state index in [1.807, 2.05) is 23.6 Å². The molecule has 4 rings (SSSR count). The van der Waals surface area contributed by atoms with E-state index in [1.54, 1.807) is 25.7 Å². The smallest absolute Gasteiger partial charge is 0.227 e. The standard InChI is InChI=1S/C19H18N4O3S/c1-25-15-3-2-12-6-13(10-26-17(12)7-15)18(24)22-8-14-11-27-19(23-14)16-9-20-4-5-21-16/h2-5,7,9,11,13H,6,8,10H2,1H3,(H,22,24). The molecule has 1 atom stereocenters. The Labute approximate surface area is 160 Å². The lowest BCUT2D eigenvalue weighted by Gasteiger charge is -2.24. The predicted octanol–water partition coefficient (Wildman–Crippen LogP) is 2.48. The Bertz CT molecular complexity index is 945. The topological polar surface area (TPSA) is 86.2 Å². The fourth-order valence-electron chi connectivity index (χ4n) is 2.89. The van der Waals surface area contributed by atoms with Gasteiger partial charge in [-0.1, -0.05) is 6.07 Å². The Hall–Kier alpha value is -3.00. The zero-order valence-electron chi connectivity index (χ0n) is 14.7. The van der Waals surface area contributed by atoms with Gasteiger partial charge in [-0.05, 0) is 18.1 Å². The summed E-state index contributed by atoms with van der Waals surface area (Å²) in [6.45, 7) is 0.732. The van der Waals surface area contributed by atoms with Crippen LogP contribution < -0.4 is 14.8 Å². The van der Waals surface area contributed by atoms with Crippen molar-refractivity contribution in [1.82, 2.24) is 20.3 Å². The number of fused-ring (bicyclic) bond motifs is 1. The predicted molar refractivity (Wildman–Crippen MR) is 101 cm³/mol. The second-order valence-corrected chi connectivity index (χ2v) is 7.00. The van der Waals surface area contributed by atoms with E-state index in [4.69, 9.17) is 9.47 Å². The summed E-state index contributed by atoms with van der Waals surface area (Å²) in [6.07, 6.45) is 5.58. The molecule has 2 aromatic heterocycles. The summed E-state index contributed by atoms with van der Waals surface area (Å²) in [5, 5.41) is 5.66. The van der Waals surface area contributed by atoms with Crippen LogP contribution in [0.3, 0.4) is 0 Å². The van der Waals surface area contributed by atoms with Gasteiger partial charge in [0.2, 0.25) is 5.91 Å². The zero-order chi connectivity index (χ0) is 18.6. The number of hydrogen-bond donors (Lipinski definition) is 1. The Morgan fingerprint density at radius 3 is 3.15 bits per heavy atom. The number of rotatable bonds is 5. The molecule has 1 aromatic carbocycles. The van der Waals surface area contributed by atoms with E-state index < -0.39 is 0 Å². The molecule has 0 saturated carbocycles. The van der Waals surface area contributed by atoms with Gasteiger partial charge in [-0.15, -0.1) is 11.3 Å². The Morgan fingerprint density at radius 2 is 2.33 bits per heavy atom. The van der Waals surface area contributed by atoms with Crippen LogP contribution in [-0.2, 0) is 17.8 Å². The average molecular weight is 382 g/mol. The third kappa shape index (κ3) is 3.90. The van der Waals surface area contributed by atoms with E-state index in [2.05, 4.69) is 20.3 Å². The van der Waals surface area contributed by atoms with E-state index in [9.17, 15) is 4.79 Å². The summed E-state index contributed by atoms with van der Waals surface area (Å²) in [5.74, 6) is 1.28. The minimum absolute atomic E-state index is 0.0366. The number of thiazole rings is 1. The molecule has 0 spiro atoms. The van der Waals surface area contributed by atoms with Gasteiger partial charge in [0.1, 0.15) is 28.8 Å². The third-order valence-electron chi connectivity index (χ3n) is 4.33. The van der Waals surface area contributed by atoms with Gasteiger partial charge in [0.25, 0.3) is 0 Å². The fraction of sp³-hybridized carbons (Fsp3) is 0.263. The monoisotopic (exact) mass is 382 g/mol. The molecule has 1 amide bonds. The van der Waals surface area contributed by atoms with Crippen LogP contribution in [0.25, 0.3) is 10.7 Å². The van der Waals surface area contributed by atoms with Crippen LogP contribution >= 0.6 is 11.3 Å². The molecule has 1 unspecified atom stereocenters. The number of amides is 1. The van der Waals surface area contributed by atoms with E-state index in [1.165, 1.54) is 11.3 Å². The van der Waals surface area contributed by atoms with Gasteiger partial charge in [-0.25, -0.2) is 4.98 Å². The average Bonchev–Trinajstić information content (AvgIpc) is 3.21. The van der Waals surface area contributed by atoms with Gasteiger partial charge in [0.05, 0.1) is 31.5 Å². The maximum atomic E-state index is 12.5. The number of benzene rings is 1. The Balaban J connectivity index is 1.35. The fourth-order valence-corrected chi connectivity index (χ4v) is 3.67. The lowest BCUT2D eigenvalue weighted by Crippen LogP contribution is -2.37. The maximum absolute atomic E-state index is 12.5. The molecule has 7 nitrogen and oxygen atoms in total. The highest BCUT2D eigenvalue weighted by Gasteiger charge is 2.26. The van der Waals surface area contributed by atoms with Crippen molar-refractivity contribution in [1.29, 1.82) is 0 Å². The van der Waals surface area contributed by atoms with Gasteiger partial charge in [-0.3, -0.25) is 14.8 Å². The molecule has 0 bridgehead atoms. The SMILES string of the molecule is COc1ccc2c(c1)OCC(C(=O)NCc1csc(-c3cnccn3)n1)C2. The number of carbonyl (C=O) groups is 1. The largest absolute Gasteiger partial charge is 0.497 e. The van der Waals surface area contributed by atoms with Gasteiger partial charge < -0.3 is 14.8 Å². The quantitative estimate of drug-likeness (QED) is 0.730. The van der Waals surface area contributed by atoms with Crippen molar-refractivity contribution < 1.29 is 14.3 Å². The summed E-state index contributed by atoms with van der Waals surface area (Å²) >= 11 is 1.48. The van der Waals surface area contributed by atoms with Crippen molar-refractivity contribution >= 4 is 17.2 Å². The second kappa shape index (κ2) is 7.71. The normalized spacial score (nSPS) is 15.5. The second-order valence-electron chi connectivity index (χ2n) is 6.14. The van der Waals surface area contributed by atoms with Crippen LogP contribution in [0.5, 0.6) is 11.5 Å². The lowest BCUT2D eigenvalue weighted by molar-refractivity contribution is -0.126. The van der Waals surface area contributed by atoms with Crippen molar-refractivity contribution in [2.24, 2.45) is 5.92 Å². The van der Waals surface area contributed by atoms with Crippen molar-refractivity contribution in [2.75, 3.05) is 13.7 Å². The van der Waals surface area contributed by atoms with E-state index in [-0.39, 0.29) is 11.8 Å². The van der Waals surface area contributed by atoms with E-state index in [0.717, 1.165) is 33.5 Å². The number of nitrogens with zero attached hydrogens (tertiary/aromatic N) is 3. The molecule has 138 valence electrons. The molecule has 27 heavy (non-hydrogen) atoms. The van der Waals surface area contributed by atoms with Gasteiger partial charge in [0.15, 0.2) is 0 Å². The summed E-state index contributed by atoms with van der Waals surface area (Å²) in [6, 6.07) is 5.68. The summed E-state index contributed by atoms with van der Waals surface area (Å²) in [5.41, 5.74) is 2.55. The molecule has 0 aliphatic carbocycles. The molecule has 3 aromatic rings. The lowest BCUT2D eigenvalue weighted by atomic mass is 9.96. The third-order valence-corrected chi connectivity index (χ3v) is 5.24. The molecule has 0 radical (unpaired) electrons. The Kier molecular flexibility index (Phi) is 4.97. The molecule has 0 saturated heterocycles. The summed E-state index contributed by atoms with van der Waals surface area (Å²) in [7, 11) is 1.62. The van der Waals surface area contributed by atoms with Crippen LogP contribution in [0.2, 0.25) is 0 Å². The molecule has 1 aliphatic heterocycles.